The summed E-state index contributed by atoms with van der Waals surface area (Å²) in [7, 11) is -2.77. The molecule has 3 heterocycles. The quantitative estimate of drug-likeness (QED) is 0.163. The van der Waals surface area contributed by atoms with Crippen LogP contribution in [0.1, 0.15) is 60.0 Å². The summed E-state index contributed by atoms with van der Waals surface area (Å²) in [5.74, 6) is 0.171. The molecule has 1 N–H and O–H groups in total. The van der Waals surface area contributed by atoms with E-state index in [1.165, 1.54) is 7.11 Å². The summed E-state index contributed by atoms with van der Waals surface area (Å²) in [5, 5.41) is 3.89. The standard InChI is InChI=1S/C36H39N5O7S/c1-7-47-35-37-29-13-10-12-28(33(42)46-6)31(29)41(35)20-24-15-16-26(25(19-24)21-40-18-17-36(4,5)34(40)43)27-11-8-9-14-30(27)49(44,45)39-32-22(2)23(3)48-38-32/h8-16,19H,7,17-18,20-21H2,1-6H3,(H,38,39). The molecule has 6 rings (SSSR count). The summed E-state index contributed by atoms with van der Waals surface area (Å²) in [6.07, 6.45) is 0.710. The number of imidazole rings is 1. The van der Waals surface area contributed by atoms with Crippen molar-refractivity contribution in [3.05, 3.63) is 88.7 Å². The number of para-hydroxylation sites is 1. The molecule has 1 fully saturated rings. The van der Waals surface area contributed by atoms with Gasteiger partial charge in [0.1, 0.15) is 5.76 Å². The maximum absolute atomic E-state index is 13.8. The monoisotopic (exact) mass is 685 g/mol. The van der Waals surface area contributed by atoms with E-state index in [0.29, 0.717) is 64.6 Å². The van der Waals surface area contributed by atoms with Gasteiger partial charge in [-0.05, 0) is 62.1 Å². The van der Waals surface area contributed by atoms with E-state index in [0.717, 1.165) is 11.1 Å². The van der Waals surface area contributed by atoms with Gasteiger partial charge in [0, 0.05) is 29.6 Å². The molecule has 0 saturated carbocycles. The van der Waals surface area contributed by atoms with Gasteiger partial charge in [0.15, 0.2) is 5.82 Å². The number of likely N-dealkylation sites (tertiary alicyclic amines) is 1. The molecular weight excluding hydrogens is 646 g/mol. The van der Waals surface area contributed by atoms with E-state index in [1.54, 1.807) is 50.2 Å². The molecular formula is C36H39N5O7S. The number of ether oxygens (including phenoxy) is 2. The van der Waals surface area contributed by atoms with E-state index in [9.17, 15) is 18.0 Å². The number of benzene rings is 3. The highest BCUT2D eigenvalue weighted by molar-refractivity contribution is 7.92. The van der Waals surface area contributed by atoms with Gasteiger partial charge in [0.25, 0.3) is 16.0 Å². The molecule has 5 aromatic rings. The van der Waals surface area contributed by atoms with E-state index in [2.05, 4.69) is 14.9 Å². The largest absolute Gasteiger partial charge is 0.465 e. The summed E-state index contributed by atoms with van der Waals surface area (Å²) in [6.45, 7) is 10.7. The van der Waals surface area contributed by atoms with Crippen molar-refractivity contribution in [2.45, 2.75) is 59.0 Å². The molecule has 0 atom stereocenters. The van der Waals surface area contributed by atoms with Gasteiger partial charge in [-0.2, -0.15) is 4.98 Å². The van der Waals surface area contributed by atoms with Gasteiger partial charge in [-0.3, -0.25) is 14.1 Å². The van der Waals surface area contributed by atoms with E-state index in [4.69, 9.17) is 14.0 Å². The molecule has 49 heavy (non-hydrogen) atoms. The lowest BCUT2D eigenvalue weighted by atomic mass is 9.92. The van der Waals surface area contributed by atoms with Gasteiger partial charge in [0.05, 0.1) is 41.8 Å². The minimum atomic E-state index is -4.10. The zero-order valence-corrected chi connectivity index (χ0v) is 29.2. The predicted octanol–water partition coefficient (Wildman–Crippen LogP) is 6.10. The minimum absolute atomic E-state index is 0.0326. The van der Waals surface area contributed by atoms with E-state index >= 15 is 0 Å². The predicted molar refractivity (Wildman–Crippen MR) is 184 cm³/mol. The fourth-order valence-corrected chi connectivity index (χ4v) is 7.45. The second-order valence-electron chi connectivity index (χ2n) is 12.7. The molecule has 0 aliphatic carbocycles. The molecule has 3 aromatic carbocycles. The molecule has 2 aromatic heterocycles. The first-order valence-corrected chi connectivity index (χ1v) is 17.5. The van der Waals surface area contributed by atoms with Crippen molar-refractivity contribution in [3.63, 3.8) is 0 Å². The van der Waals surface area contributed by atoms with E-state index < -0.39 is 21.4 Å². The van der Waals surface area contributed by atoms with Crippen LogP contribution in [0, 0.1) is 19.3 Å². The van der Waals surface area contributed by atoms with Crippen LogP contribution in [0.4, 0.5) is 5.82 Å². The van der Waals surface area contributed by atoms with Gasteiger partial charge in [-0.15, -0.1) is 0 Å². The van der Waals surface area contributed by atoms with Crippen LogP contribution in [-0.2, 0) is 32.6 Å². The van der Waals surface area contributed by atoms with E-state index in [1.807, 2.05) is 54.5 Å². The van der Waals surface area contributed by atoms with E-state index in [-0.39, 0.29) is 29.7 Å². The van der Waals surface area contributed by atoms with Crippen molar-refractivity contribution in [2.75, 3.05) is 25.0 Å². The Balaban J connectivity index is 1.47. The SMILES string of the molecule is CCOc1nc2cccc(C(=O)OC)c2n1Cc1ccc(-c2ccccc2S(=O)(=O)Nc2noc(C)c2C)c(CN2CCC(C)(C)C2=O)c1. The van der Waals surface area contributed by atoms with Crippen LogP contribution in [0.2, 0.25) is 0 Å². The molecule has 0 spiro atoms. The smallest absolute Gasteiger partial charge is 0.340 e. The number of rotatable bonds is 11. The highest BCUT2D eigenvalue weighted by Crippen LogP contribution is 2.37. The second-order valence-corrected chi connectivity index (χ2v) is 14.4. The normalized spacial score (nSPS) is 14.4. The molecule has 1 saturated heterocycles. The molecule has 1 amide bonds. The van der Waals surface area contributed by atoms with Crippen LogP contribution in [0.25, 0.3) is 22.2 Å². The lowest BCUT2D eigenvalue weighted by Gasteiger charge is -2.23. The third-order valence-corrected chi connectivity index (χ3v) is 10.4. The number of amides is 1. The average Bonchev–Trinajstić information content (AvgIpc) is 3.68. The number of hydrogen-bond acceptors (Lipinski definition) is 9. The minimum Gasteiger partial charge on any atom is -0.465 e. The van der Waals surface area contributed by atoms with Crippen molar-refractivity contribution < 1.29 is 32.0 Å². The van der Waals surface area contributed by atoms with Gasteiger partial charge in [-0.25, -0.2) is 13.2 Å². The van der Waals surface area contributed by atoms with Crippen LogP contribution in [0.15, 0.2) is 70.1 Å². The Bertz CT molecular complexity index is 2180. The topological polar surface area (TPSA) is 146 Å². The van der Waals surface area contributed by atoms with Gasteiger partial charge in [-0.1, -0.05) is 61.5 Å². The first-order chi connectivity index (χ1) is 23.3. The number of hydrogen-bond donors (Lipinski definition) is 1. The maximum atomic E-state index is 13.8. The Hall–Kier alpha value is -5.17. The molecule has 12 nitrogen and oxygen atoms in total. The Morgan fingerprint density at radius 2 is 1.82 bits per heavy atom. The molecule has 256 valence electrons. The highest BCUT2D eigenvalue weighted by atomic mass is 32.2. The third kappa shape index (κ3) is 6.38. The molecule has 0 bridgehead atoms. The number of sulfonamides is 1. The number of nitrogens with one attached hydrogen (secondary N) is 1. The number of esters is 1. The molecule has 1 aliphatic rings. The van der Waals surface area contributed by atoms with Crippen molar-refractivity contribution in [3.8, 4) is 17.1 Å². The number of methoxy groups -OCH3 is 1. The summed E-state index contributed by atoms with van der Waals surface area (Å²) in [4.78, 5) is 32.7. The number of aromatic nitrogens is 3. The Morgan fingerprint density at radius 1 is 1.04 bits per heavy atom. The van der Waals surface area contributed by atoms with Gasteiger partial charge < -0.3 is 18.9 Å². The van der Waals surface area contributed by atoms with Crippen LogP contribution in [-0.4, -0.2) is 60.2 Å². The number of fused-ring (bicyclic) bond motifs is 1. The van der Waals surface area contributed by atoms with Crippen LogP contribution < -0.4 is 9.46 Å². The van der Waals surface area contributed by atoms with Gasteiger partial charge in [0.2, 0.25) is 5.91 Å². The Morgan fingerprint density at radius 3 is 2.49 bits per heavy atom. The maximum Gasteiger partial charge on any atom is 0.340 e. The average molecular weight is 686 g/mol. The number of carbonyl (C=O) groups excluding carboxylic acids is 2. The van der Waals surface area contributed by atoms with Crippen LogP contribution in [0.5, 0.6) is 6.01 Å². The molecule has 0 unspecified atom stereocenters. The van der Waals surface area contributed by atoms with Crippen molar-refractivity contribution in [2.24, 2.45) is 5.41 Å². The summed E-state index contributed by atoms with van der Waals surface area (Å²) < 4.78 is 48.3. The Labute approximate surface area is 285 Å². The van der Waals surface area contributed by atoms with Gasteiger partial charge >= 0.3 is 5.97 Å². The summed E-state index contributed by atoms with van der Waals surface area (Å²) >= 11 is 0. The number of aryl methyl sites for hydroxylation is 1. The lowest BCUT2D eigenvalue weighted by Crippen LogP contribution is -2.30. The molecule has 0 radical (unpaired) electrons. The Kier molecular flexibility index (Phi) is 8.97. The number of anilines is 1. The number of carbonyl (C=O) groups is 2. The van der Waals surface area contributed by atoms with Crippen molar-refractivity contribution >= 4 is 38.8 Å². The zero-order valence-electron chi connectivity index (χ0n) is 28.4. The lowest BCUT2D eigenvalue weighted by molar-refractivity contribution is -0.135. The molecule has 13 heteroatoms. The van der Waals surface area contributed by atoms with Crippen LogP contribution in [0.3, 0.4) is 0 Å². The second kappa shape index (κ2) is 13.0. The fourth-order valence-electron chi connectivity index (χ4n) is 6.17. The molecule has 1 aliphatic heterocycles. The first kappa shape index (κ1) is 33.7. The third-order valence-electron chi connectivity index (χ3n) is 9.01. The van der Waals surface area contributed by atoms with Crippen LogP contribution >= 0.6 is 0 Å². The number of nitrogens with zero attached hydrogens (tertiary/aromatic N) is 4. The fraction of sp³-hybridized carbons (Fsp3) is 0.333. The van der Waals surface area contributed by atoms with Crippen molar-refractivity contribution in [1.82, 2.24) is 19.6 Å². The zero-order chi connectivity index (χ0) is 35.1. The summed E-state index contributed by atoms with van der Waals surface area (Å²) in [6, 6.07) is 18.1. The van der Waals surface area contributed by atoms with Crippen molar-refractivity contribution in [1.29, 1.82) is 0 Å². The summed E-state index contributed by atoms with van der Waals surface area (Å²) in [5.41, 5.74) is 4.31. The highest BCUT2D eigenvalue weighted by Gasteiger charge is 2.38. The first-order valence-electron chi connectivity index (χ1n) is 16.0.